The van der Waals surface area contributed by atoms with Gasteiger partial charge < -0.3 is 0 Å². The summed E-state index contributed by atoms with van der Waals surface area (Å²) in [6.07, 6.45) is 3.66. The minimum Gasteiger partial charge on any atom is -0.288 e. The van der Waals surface area contributed by atoms with E-state index in [2.05, 4.69) is 4.40 Å². The van der Waals surface area contributed by atoms with E-state index in [-0.39, 0.29) is 21.4 Å². The van der Waals surface area contributed by atoms with E-state index in [1.165, 1.54) is 42.5 Å². The molecule has 0 atom stereocenters. The summed E-state index contributed by atoms with van der Waals surface area (Å²) in [5.74, 6) is -0.385. The third kappa shape index (κ3) is 3.32. The van der Waals surface area contributed by atoms with Crippen molar-refractivity contribution >= 4 is 44.7 Å². The van der Waals surface area contributed by atoms with Gasteiger partial charge in [0.15, 0.2) is 5.78 Å². The van der Waals surface area contributed by atoms with Crippen LogP contribution >= 0.6 is 23.2 Å². The van der Waals surface area contributed by atoms with Crippen LogP contribution in [0.3, 0.4) is 0 Å². The molecule has 98 valence electrons. The summed E-state index contributed by atoms with van der Waals surface area (Å²) in [5.41, 5.74) is 0.0968. The van der Waals surface area contributed by atoms with Crippen molar-refractivity contribution in [2.24, 2.45) is 4.40 Å². The van der Waals surface area contributed by atoms with Gasteiger partial charge in [0.25, 0.3) is 10.0 Å². The van der Waals surface area contributed by atoms with E-state index >= 15 is 0 Å². The number of hydrogen-bond acceptors (Lipinski definition) is 3. The monoisotopic (exact) mass is 315 g/mol. The normalized spacial score (nSPS) is 17.7. The average Bonchev–Trinajstić information content (AvgIpc) is 2.34. The molecule has 19 heavy (non-hydrogen) atoms. The fourth-order valence-corrected chi connectivity index (χ4v) is 2.62. The van der Waals surface area contributed by atoms with Crippen molar-refractivity contribution < 1.29 is 13.2 Å². The molecule has 0 N–H and O–H groups in total. The van der Waals surface area contributed by atoms with Crippen LogP contribution in [-0.2, 0) is 14.8 Å². The highest BCUT2D eigenvalue weighted by Gasteiger charge is 2.15. The first-order valence-corrected chi connectivity index (χ1v) is 7.28. The molecule has 7 heteroatoms. The predicted octanol–water partition coefficient (Wildman–Crippen LogP) is 2.73. The van der Waals surface area contributed by atoms with E-state index in [0.717, 1.165) is 0 Å². The zero-order chi connectivity index (χ0) is 14.0. The van der Waals surface area contributed by atoms with E-state index in [1.807, 2.05) is 0 Å². The topological polar surface area (TPSA) is 63.6 Å². The molecule has 0 amide bonds. The third-order valence-corrected chi connectivity index (χ3v) is 4.12. The van der Waals surface area contributed by atoms with Crippen molar-refractivity contribution in [3.8, 4) is 0 Å². The van der Waals surface area contributed by atoms with Gasteiger partial charge in [0.05, 0.1) is 15.6 Å². The Balaban J connectivity index is 2.40. The van der Waals surface area contributed by atoms with E-state index in [4.69, 9.17) is 23.2 Å². The van der Waals surface area contributed by atoms with Crippen LogP contribution in [0.4, 0.5) is 0 Å². The Bertz CT molecular complexity index is 716. The lowest BCUT2D eigenvalue weighted by atomic mass is 10.2. The van der Waals surface area contributed by atoms with Gasteiger partial charge in [0.1, 0.15) is 0 Å². The highest BCUT2D eigenvalue weighted by Crippen LogP contribution is 2.18. The predicted molar refractivity (Wildman–Crippen MR) is 74.2 cm³/mol. The van der Waals surface area contributed by atoms with Crippen LogP contribution in [0.25, 0.3) is 0 Å². The molecule has 1 aromatic carbocycles. The number of halogens is 2. The van der Waals surface area contributed by atoms with Crippen molar-refractivity contribution in [2.45, 2.75) is 4.90 Å². The Morgan fingerprint density at radius 1 is 1.00 bits per heavy atom. The van der Waals surface area contributed by atoms with E-state index in [9.17, 15) is 13.2 Å². The molecule has 0 bridgehead atoms. The number of allylic oxidation sites excluding steroid dienone is 4. The number of carbonyl (C=O) groups is 1. The van der Waals surface area contributed by atoms with Gasteiger partial charge in [-0.2, -0.15) is 12.8 Å². The highest BCUT2D eigenvalue weighted by atomic mass is 35.5. The lowest BCUT2D eigenvalue weighted by Gasteiger charge is -2.03. The van der Waals surface area contributed by atoms with Crippen molar-refractivity contribution in [2.75, 3.05) is 0 Å². The van der Waals surface area contributed by atoms with Crippen molar-refractivity contribution in [3.63, 3.8) is 0 Å². The SMILES string of the molecule is O=C1C=CC(=NS(=O)(=O)c2ccc(Cl)cc2)C=C1Cl. The van der Waals surface area contributed by atoms with Crippen LogP contribution in [0.15, 0.2) is 56.8 Å². The number of rotatable bonds is 2. The summed E-state index contributed by atoms with van der Waals surface area (Å²) in [4.78, 5) is 11.1. The average molecular weight is 316 g/mol. The van der Waals surface area contributed by atoms with Crippen molar-refractivity contribution in [3.05, 3.63) is 52.5 Å². The van der Waals surface area contributed by atoms with Gasteiger partial charge in [-0.15, -0.1) is 0 Å². The first kappa shape index (κ1) is 14.0. The van der Waals surface area contributed by atoms with Gasteiger partial charge in [-0.25, -0.2) is 0 Å². The second kappa shape index (κ2) is 5.28. The first-order chi connectivity index (χ1) is 8.88. The van der Waals surface area contributed by atoms with Crippen LogP contribution in [0.1, 0.15) is 0 Å². The molecular formula is C12H7Cl2NO3S. The molecule has 0 saturated heterocycles. The number of hydrogen-bond donors (Lipinski definition) is 0. The summed E-state index contributed by atoms with van der Waals surface area (Å²) in [7, 11) is -3.85. The van der Waals surface area contributed by atoms with Crippen LogP contribution in [0, 0.1) is 0 Å². The van der Waals surface area contributed by atoms with Crippen molar-refractivity contribution in [1.29, 1.82) is 0 Å². The number of carbonyl (C=O) groups excluding carboxylic acids is 1. The highest BCUT2D eigenvalue weighted by molar-refractivity contribution is 7.90. The molecule has 1 aliphatic carbocycles. The summed E-state index contributed by atoms with van der Waals surface area (Å²) >= 11 is 11.3. The largest absolute Gasteiger partial charge is 0.288 e. The summed E-state index contributed by atoms with van der Waals surface area (Å²) < 4.78 is 27.6. The lowest BCUT2D eigenvalue weighted by Crippen LogP contribution is -2.07. The first-order valence-electron chi connectivity index (χ1n) is 5.09. The fourth-order valence-electron chi connectivity index (χ4n) is 1.34. The molecule has 0 aliphatic heterocycles. The maximum absolute atomic E-state index is 12.0. The van der Waals surface area contributed by atoms with E-state index in [1.54, 1.807) is 0 Å². The number of benzene rings is 1. The second-order valence-corrected chi connectivity index (χ2v) is 6.08. The van der Waals surface area contributed by atoms with Gasteiger partial charge in [-0.3, -0.25) is 4.79 Å². The molecule has 4 nitrogen and oxygen atoms in total. The zero-order valence-corrected chi connectivity index (χ0v) is 11.7. The Morgan fingerprint density at radius 2 is 1.63 bits per heavy atom. The minimum atomic E-state index is -3.85. The fraction of sp³-hybridized carbons (Fsp3) is 0. The maximum atomic E-state index is 12.0. The summed E-state index contributed by atoms with van der Waals surface area (Å²) in [6.45, 7) is 0. The lowest BCUT2D eigenvalue weighted by molar-refractivity contribution is -0.110. The summed E-state index contributed by atoms with van der Waals surface area (Å²) in [6, 6.07) is 5.62. The molecule has 1 aromatic rings. The minimum absolute atomic E-state index is 0.0132. The second-order valence-electron chi connectivity index (χ2n) is 3.63. The number of ketones is 1. The molecule has 0 fully saturated rings. The van der Waals surface area contributed by atoms with Gasteiger partial charge in [-0.05, 0) is 42.5 Å². The standard InChI is InChI=1S/C12H7Cl2NO3S/c13-8-1-4-10(5-2-8)19(17,18)15-9-3-6-12(16)11(14)7-9/h1-7H. The van der Waals surface area contributed by atoms with Crippen LogP contribution in [-0.4, -0.2) is 19.9 Å². The molecule has 0 radical (unpaired) electrons. The maximum Gasteiger partial charge on any atom is 0.282 e. The molecule has 0 spiro atoms. The van der Waals surface area contributed by atoms with Gasteiger partial charge >= 0.3 is 0 Å². The molecule has 1 aliphatic rings. The van der Waals surface area contributed by atoms with Crippen LogP contribution in [0.2, 0.25) is 5.02 Å². The Kier molecular flexibility index (Phi) is 3.89. The molecular weight excluding hydrogens is 309 g/mol. The van der Waals surface area contributed by atoms with Gasteiger partial charge in [0.2, 0.25) is 0 Å². The third-order valence-electron chi connectivity index (χ3n) is 2.25. The number of sulfonamides is 1. The smallest absolute Gasteiger partial charge is 0.282 e. The molecule has 0 heterocycles. The Hall–Kier alpha value is -1.43. The van der Waals surface area contributed by atoms with E-state index in [0.29, 0.717) is 5.02 Å². The zero-order valence-electron chi connectivity index (χ0n) is 9.38. The van der Waals surface area contributed by atoms with Gasteiger partial charge in [0, 0.05) is 5.02 Å². The molecule has 2 rings (SSSR count). The quantitative estimate of drug-likeness (QED) is 0.788. The van der Waals surface area contributed by atoms with Crippen LogP contribution < -0.4 is 0 Å². The Labute approximate surface area is 120 Å². The molecule has 0 unspecified atom stereocenters. The number of nitrogens with zero attached hydrogens (tertiary/aromatic N) is 1. The van der Waals surface area contributed by atoms with Gasteiger partial charge in [-0.1, -0.05) is 23.2 Å². The summed E-state index contributed by atoms with van der Waals surface area (Å²) in [5, 5.41) is 0.352. The van der Waals surface area contributed by atoms with Crippen molar-refractivity contribution in [1.82, 2.24) is 0 Å². The molecule has 0 aromatic heterocycles. The van der Waals surface area contributed by atoms with Crippen LogP contribution in [0.5, 0.6) is 0 Å². The molecule has 0 saturated carbocycles. The Morgan fingerprint density at radius 3 is 2.21 bits per heavy atom. The van der Waals surface area contributed by atoms with E-state index < -0.39 is 10.0 Å².